The molecule has 0 bridgehead atoms. The molecule has 0 saturated heterocycles. The number of anilines is 1. The zero-order valence-electron chi connectivity index (χ0n) is 11.7. The summed E-state index contributed by atoms with van der Waals surface area (Å²) in [5.41, 5.74) is 4.65. The lowest BCUT2D eigenvalue weighted by molar-refractivity contribution is 0.587. The molecule has 0 heterocycles. The Bertz CT molecular complexity index is 800. The molecule has 0 atom stereocenters. The van der Waals surface area contributed by atoms with Crippen molar-refractivity contribution in [1.29, 1.82) is 0 Å². The highest BCUT2D eigenvalue weighted by Crippen LogP contribution is 2.33. The van der Waals surface area contributed by atoms with E-state index in [0.29, 0.717) is 5.02 Å². The fourth-order valence-corrected chi connectivity index (χ4v) is 3.56. The minimum absolute atomic E-state index is 0.143. The lowest BCUT2D eigenvalue weighted by atomic mass is 10.1. The molecule has 4 nitrogen and oxygen atoms in total. The Kier molecular flexibility index (Phi) is 5.25. The number of halogens is 3. The van der Waals surface area contributed by atoms with Crippen LogP contribution in [0.4, 0.5) is 5.69 Å². The van der Waals surface area contributed by atoms with Gasteiger partial charge in [-0.3, -0.25) is 0 Å². The number of sulfonamides is 1. The van der Waals surface area contributed by atoms with E-state index >= 15 is 0 Å². The van der Waals surface area contributed by atoms with Gasteiger partial charge in [0.05, 0.1) is 20.6 Å². The van der Waals surface area contributed by atoms with Gasteiger partial charge in [-0.25, -0.2) is 8.42 Å². The molecule has 0 amide bonds. The minimum atomic E-state index is -3.75. The zero-order valence-corrected chi connectivity index (χ0v) is 14.8. The number of hydrogen-bond acceptors (Lipinski definition) is 3. The van der Waals surface area contributed by atoms with Crippen molar-refractivity contribution in [3.63, 3.8) is 0 Å². The van der Waals surface area contributed by atoms with Gasteiger partial charge >= 0.3 is 0 Å². The Hall–Kier alpha value is -0.980. The van der Waals surface area contributed by atoms with Crippen molar-refractivity contribution in [3.8, 4) is 0 Å². The van der Waals surface area contributed by atoms with E-state index in [1.54, 1.807) is 12.1 Å². The maximum absolute atomic E-state index is 12.3. The van der Waals surface area contributed by atoms with E-state index in [1.165, 1.54) is 18.2 Å². The smallest absolute Gasteiger partial charge is 0.257 e. The molecule has 118 valence electrons. The summed E-state index contributed by atoms with van der Waals surface area (Å²) >= 11 is 17.8. The van der Waals surface area contributed by atoms with Crippen LogP contribution >= 0.6 is 34.8 Å². The predicted octanol–water partition coefficient (Wildman–Crippen LogP) is 4.57. The summed E-state index contributed by atoms with van der Waals surface area (Å²) in [4.78, 5) is 2.39. The van der Waals surface area contributed by atoms with E-state index < -0.39 is 10.0 Å². The topological polar surface area (TPSA) is 58.2 Å². The fraction of sp³-hybridized carbons (Fsp3) is 0.143. The van der Waals surface area contributed by atoms with Crippen LogP contribution in [0, 0.1) is 13.8 Å². The highest BCUT2D eigenvalue weighted by molar-refractivity contribution is 7.89. The summed E-state index contributed by atoms with van der Waals surface area (Å²) in [6.45, 7) is 3.75. The van der Waals surface area contributed by atoms with E-state index in [0.717, 1.165) is 11.1 Å². The van der Waals surface area contributed by atoms with E-state index in [4.69, 9.17) is 34.8 Å². The highest BCUT2D eigenvalue weighted by atomic mass is 35.5. The van der Waals surface area contributed by atoms with E-state index in [9.17, 15) is 8.42 Å². The largest absolute Gasteiger partial charge is 0.305 e. The Morgan fingerprint density at radius 3 is 2.05 bits per heavy atom. The number of hydrazine groups is 1. The molecule has 8 heteroatoms. The maximum atomic E-state index is 12.3. The third kappa shape index (κ3) is 3.86. The van der Waals surface area contributed by atoms with Crippen molar-refractivity contribution in [2.24, 2.45) is 0 Å². The average Bonchev–Trinajstić information content (AvgIpc) is 2.40. The van der Waals surface area contributed by atoms with Crippen molar-refractivity contribution >= 4 is 50.5 Å². The van der Waals surface area contributed by atoms with Crippen LogP contribution in [0.1, 0.15) is 11.1 Å². The van der Waals surface area contributed by atoms with Crippen molar-refractivity contribution in [2.45, 2.75) is 18.7 Å². The standard InChI is InChI=1S/C14H13Cl3N2O2S/c1-8-3-4-11(5-9(8)2)22(20,21)19-18-14-12(16)6-10(15)7-13(14)17/h3-7,18-19H,1-2H3. The molecule has 22 heavy (non-hydrogen) atoms. The summed E-state index contributed by atoms with van der Waals surface area (Å²) in [6.07, 6.45) is 0. The molecular formula is C14H13Cl3N2O2S. The molecule has 2 rings (SSSR count). The molecule has 2 aromatic rings. The van der Waals surface area contributed by atoms with Crippen molar-refractivity contribution in [3.05, 3.63) is 56.5 Å². The molecule has 2 aromatic carbocycles. The zero-order chi connectivity index (χ0) is 16.5. The van der Waals surface area contributed by atoms with Gasteiger partial charge in [0.25, 0.3) is 10.0 Å². The summed E-state index contributed by atoms with van der Waals surface area (Å²) in [5.74, 6) is 0. The molecule has 0 unspecified atom stereocenters. The van der Waals surface area contributed by atoms with Gasteiger partial charge in [-0.05, 0) is 49.2 Å². The van der Waals surface area contributed by atoms with Gasteiger partial charge in [-0.15, -0.1) is 4.83 Å². The molecule has 0 aliphatic heterocycles. The molecule has 0 spiro atoms. The molecule has 0 fully saturated rings. The summed E-state index contributed by atoms with van der Waals surface area (Å²) in [7, 11) is -3.75. The Morgan fingerprint density at radius 2 is 1.50 bits per heavy atom. The third-order valence-electron chi connectivity index (χ3n) is 3.11. The molecule has 0 radical (unpaired) electrons. The molecule has 0 saturated carbocycles. The van der Waals surface area contributed by atoms with Gasteiger partial charge in [0.2, 0.25) is 0 Å². The number of rotatable bonds is 4. The fourth-order valence-electron chi connectivity index (χ4n) is 1.72. The molecule has 0 aromatic heterocycles. The van der Waals surface area contributed by atoms with Gasteiger partial charge in [-0.1, -0.05) is 40.9 Å². The first kappa shape index (κ1) is 17.4. The van der Waals surface area contributed by atoms with Crippen LogP contribution < -0.4 is 10.3 Å². The van der Waals surface area contributed by atoms with Crippen LogP contribution in [-0.4, -0.2) is 8.42 Å². The number of benzene rings is 2. The first-order valence-corrected chi connectivity index (χ1v) is 8.82. The number of aryl methyl sites for hydroxylation is 2. The van der Waals surface area contributed by atoms with E-state index in [1.807, 2.05) is 13.8 Å². The first-order chi connectivity index (χ1) is 10.2. The maximum Gasteiger partial charge on any atom is 0.257 e. The second kappa shape index (κ2) is 6.64. The third-order valence-corrected chi connectivity index (χ3v) is 5.17. The van der Waals surface area contributed by atoms with Crippen molar-refractivity contribution < 1.29 is 8.42 Å². The van der Waals surface area contributed by atoms with E-state index in [2.05, 4.69) is 10.3 Å². The first-order valence-electron chi connectivity index (χ1n) is 6.20. The molecule has 0 aliphatic carbocycles. The second-order valence-corrected chi connectivity index (χ2v) is 7.65. The lowest BCUT2D eigenvalue weighted by Crippen LogP contribution is -2.29. The summed E-state index contributed by atoms with van der Waals surface area (Å²) in [6, 6.07) is 7.78. The van der Waals surface area contributed by atoms with Gasteiger partial charge in [0.15, 0.2) is 0 Å². The van der Waals surface area contributed by atoms with Gasteiger partial charge in [-0.2, -0.15) is 0 Å². The van der Waals surface area contributed by atoms with Gasteiger partial charge in [0, 0.05) is 5.02 Å². The minimum Gasteiger partial charge on any atom is -0.305 e. The normalized spacial score (nSPS) is 11.5. The lowest BCUT2D eigenvalue weighted by Gasteiger charge is -2.13. The average molecular weight is 380 g/mol. The van der Waals surface area contributed by atoms with Gasteiger partial charge in [0.1, 0.15) is 0 Å². The van der Waals surface area contributed by atoms with Crippen LogP contribution in [0.2, 0.25) is 15.1 Å². The SMILES string of the molecule is Cc1ccc(S(=O)(=O)NNc2c(Cl)cc(Cl)cc2Cl)cc1C. The van der Waals surface area contributed by atoms with Crippen LogP contribution in [0.25, 0.3) is 0 Å². The predicted molar refractivity (Wildman–Crippen MR) is 91.3 cm³/mol. The molecule has 0 aliphatic rings. The van der Waals surface area contributed by atoms with E-state index in [-0.39, 0.29) is 20.6 Å². The Balaban J connectivity index is 2.25. The summed E-state index contributed by atoms with van der Waals surface area (Å²) < 4.78 is 24.5. The Labute approximate surface area is 144 Å². The summed E-state index contributed by atoms with van der Waals surface area (Å²) in [5, 5.41) is 0.776. The Morgan fingerprint density at radius 1 is 0.909 bits per heavy atom. The number of hydrogen-bond donors (Lipinski definition) is 2. The van der Waals surface area contributed by atoms with Crippen LogP contribution in [-0.2, 0) is 10.0 Å². The van der Waals surface area contributed by atoms with Crippen molar-refractivity contribution in [1.82, 2.24) is 4.83 Å². The van der Waals surface area contributed by atoms with Gasteiger partial charge < -0.3 is 5.43 Å². The monoisotopic (exact) mass is 378 g/mol. The quantitative estimate of drug-likeness (QED) is 0.765. The second-order valence-electron chi connectivity index (χ2n) is 4.72. The number of nitrogens with one attached hydrogen (secondary N) is 2. The molecular weight excluding hydrogens is 367 g/mol. The molecule has 2 N–H and O–H groups in total. The highest BCUT2D eigenvalue weighted by Gasteiger charge is 2.16. The van der Waals surface area contributed by atoms with Crippen LogP contribution in [0.5, 0.6) is 0 Å². The van der Waals surface area contributed by atoms with Crippen LogP contribution in [0.3, 0.4) is 0 Å². The van der Waals surface area contributed by atoms with Crippen molar-refractivity contribution in [2.75, 3.05) is 5.43 Å². The van der Waals surface area contributed by atoms with Crippen LogP contribution in [0.15, 0.2) is 35.2 Å².